The standard InChI is InChI=1S/C14H11BrN2O3S/c1-19-8-4-3-7(14(18)20-2)11-12(8)17-13(16-11)9-5-6-10(15)21-9/h3-6H,1-2H3,(H,16,17). The van der Waals surface area contributed by atoms with Gasteiger partial charge in [0.1, 0.15) is 22.6 Å². The second-order valence-electron chi connectivity index (χ2n) is 4.22. The fourth-order valence-corrected chi connectivity index (χ4v) is 3.40. The molecule has 0 amide bonds. The third-order valence-corrected chi connectivity index (χ3v) is 4.67. The molecule has 0 aliphatic carbocycles. The van der Waals surface area contributed by atoms with Gasteiger partial charge in [0.05, 0.1) is 28.4 Å². The molecule has 0 unspecified atom stereocenters. The van der Waals surface area contributed by atoms with E-state index in [1.54, 1.807) is 30.6 Å². The lowest BCUT2D eigenvalue weighted by Gasteiger charge is -2.04. The van der Waals surface area contributed by atoms with E-state index in [9.17, 15) is 4.79 Å². The molecule has 0 saturated carbocycles. The second kappa shape index (κ2) is 5.50. The van der Waals surface area contributed by atoms with Crippen molar-refractivity contribution in [3.63, 3.8) is 0 Å². The third-order valence-electron chi connectivity index (χ3n) is 3.04. The van der Waals surface area contributed by atoms with Crippen molar-refractivity contribution >= 4 is 44.3 Å². The van der Waals surface area contributed by atoms with Gasteiger partial charge in [0, 0.05) is 0 Å². The predicted molar refractivity (Wildman–Crippen MR) is 85.0 cm³/mol. The molecule has 0 radical (unpaired) electrons. The normalized spacial score (nSPS) is 10.8. The number of aromatic nitrogens is 2. The number of H-pyrrole nitrogens is 1. The monoisotopic (exact) mass is 366 g/mol. The number of aromatic amines is 1. The van der Waals surface area contributed by atoms with E-state index < -0.39 is 5.97 Å². The lowest BCUT2D eigenvalue weighted by atomic mass is 10.1. The predicted octanol–water partition coefficient (Wildman–Crippen LogP) is 3.85. The highest BCUT2D eigenvalue weighted by molar-refractivity contribution is 9.11. The molecule has 1 aromatic carbocycles. The van der Waals surface area contributed by atoms with Gasteiger partial charge in [-0.1, -0.05) is 0 Å². The van der Waals surface area contributed by atoms with E-state index in [1.807, 2.05) is 12.1 Å². The summed E-state index contributed by atoms with van der Waals surface area (Å²) in [7, 11) is 2.93. The van der Waals surface area contributed by atoms with E-state index in [0.29, 0.717) is 28.2 Å². The van der Waals surface area contributed by atoms with Gasteiger partial charge < -0.3 is 14.5 Å². The second-order valence-corrected chi connectivity index (χ2v) is 6.68. The zero-order chi connectivity index (χ0) is 15.0. The molecule has 0 atom stereocenters. The van der Waals surface area contributed by atoms with Crippen LogP contribution in [0.1, 0.15) is 10.4 Å². The van der Waals surface area contributed by atoms with Crippen LogP contribution < -0.4 is 4.74 Å². The van der Waals surface area contributed by atoms with Crippen LogP contribution in [0.15, 0.2) is 28.1 Å². The Bertz CT molecular complexity index is 825. The van der Waals surface area contributed by atoms with Crippen molar-refractivity contribution in [2.45, 2.75) is 0 Å². The topological polar surface area (TPSA) is 64.2 Å². The molecule has 5 nitrogen and oxygen atoms in total. The summed E-state index contributed by atoms with van der Waals surface area (Å²) in [6.45, 7) is 0. The van der Waals surface area contributed by atoms with Gasteiger partial charge in [0.25, 0.3) is 0 Å². The lowest BCUT2D eigenvalue weighted by molar-refractivity contribution is 0.0603. The minimum atomic E-state index is -0.423. The Balaban J connectivity index is 2.24. The average molecular weight is 367 g/mol. The number of halogens is 1. The number of benzene rings is 1. The summed E-state index contributed by atoms with van der Waals surface area (Å²) in [5.74, 6) is 0.899. The molecular formula is C14H11BrN2O3S. The van der Waals surface area contributed by atoms with E-state index in [0.717, 1.165) is 8.66 Å². The maximum absolute atomic E-state index is 11.9. The van der Waals surface area contributed by atoms with Crippen molar-refractivity contribution in [1.29, 1.82) is 0 Å². The molecule has 108 valence electrons. The zero-order valence-electron chi connectivity index (χ0n) is 11.3. The van der Waals surface area contributed by atoms with Gasteiger partial charge in [0.2, 0.25) is 0 Å². The maximum atomic E-state index is 11.9. The summed E-state index contributed by atoms with van der Waals surface area (Å²) in [4.78, 5) is 20.6. The minimum absolute atomic E-state index is 0.409. The van der Waals surface area contributed by atoms with Gasteiger partial charge in [-0.15, -0.1) is 11.3 Å². The Labute approximate surface area is 133 Å². The number of carbonyl (C=O) groups is 1. The molecule has 0 fully saturated rings. The Morgan fingerprint density at radius 1 is 1.29 bits per heavy atom. The number of nitrogens with zero attached hydrogens (tertiary/aromatic N) is 1. The number of imidazole rings is 1. The van der Waals surface area contributed by atoms with Gasteiger partial charge in [-0.25, -0.2) is 9.78 Å². The van der Waals surface area contributed by atoms with Crippen LogP contribution in [0.4, 0.5) is 0 Å². The molecular weight excluding hydrogens is 356 g/mol. The number of nitrogens with one attached hydrogen (secondary N) is 1. The molecule has 0 saturated heterocycles. The van der Waals surface area contributed by atoms with E-state index in [-0.39, 0.29) is 0 Å². The van der Waals surface area contributed by atoms with Crippen LogP contribution in [0, 0.1) is 0 Å². The molecule has 7 heteroatoms. The number of fused-ring (bicyclic) bond motifs is 1. The Kier molecular flexibility index (Phi) is 3.69. The number of carbonyl (C=O) groups excluding carboxylic acids is 1. The summed E-state index contributed by atoms with van der Waals surface area (Å²) >= 11 is 4.98. The molecule has 0 aliphatic rings. The van der Waals surface area contributed by atoms with Gasteiger partial charge >= 0.3 is 5.97 Å². The van der Waals surface area contributed by atoms with Gasteiger partial charge in [-0.05, 0) is 40.2 Å². The average Bonchev–Trinajstić information content (AvgIpc) is 3.11. The largest absolute Gasteiger partial charge is 0.494 e. The Morgan fingerprint density at radius 3 is 2.71 bits per heavy atom. The van der Waals surface area contributed by atoms with Gasteiger partial charge in [-0.2, -0.15) is 0 Å². The highest BCUT2D eigenvalue weighted by atomic mass is 79.9. The number of hydrogen-bond acceptors (Lipinski definition) is 5. The number of esters is 1. The van der Waals surface area contributed by atoms with E-state index in [1.165, 1.54) is 7.11 Å². The van der Waals surface area contributed by atoms with Crippen LogP contribution in [0.3, 0.4) is 0 Å². The number of rotatable bonds is 3. The van der Waals surface area contributed by atoms with Crippen LogP contribution in [0.5, 0.6) is 5.75 Å². The molecule has 1 N–H and O–H groups in total. The first-order valence-electron chi connectivity index (χ1n) is 6.04. The molecule has 21 heavy (non-hydrogen) atoms. The number of ether oxygens (including phenoxy) is 2. The summed E-state index contributed by atoms with van der Waals surface area (Å²) < 4.78 is 11.1. The molecule has 3 aromatic rings. The van der Waals surface area contributed by atoms with Crippen molar-refractivity contribution in [1.82, 2.24) is 9.97 Å². The van der Waals surface area contributed by atoms with E-state index in [4.69, 9.17) is 9.47 Å². The summed E-state index contributed by atoms with van der Waals surface area (Å²) in [5, 5.41) is 0. The highest BCUT2D eigenvalue weighted by Crippen LogP contribution is 2.34. The number of hydrogen-bond donors (Lipinski definition) is 1. The van der Waals surface area contributed by atoms with Crippen LogP contribution in [0.2, 0.25) is 0 Å². The van der Waals surface area contributed by atoms with E-state index >= 15 is 0 Å². The van der Waals surface area contributed by atoms with Gasteiger partial charge in [0.15, 0.2) is 0 Å². The van der Waals surface area contributed by atoms with Crippen LogP contribution >= 0.6 is 27.3 Å². The maximum Gasteiger partial charge on any atom is 0.340 e. The Morgan fingerprint density at radius 2 is 2.10 bits per heavy atom. The summed E-state index contributed by atoms with van der Waals surface area (Å²) in [6.07, 6.45) is 0. The number of thiophene rings is 1. The van der Waals surface area contributed by atoms with Crippen molar-refractivity contribution in [2.24, 2.45) is 0 Å². The summed E-state index contributed by atoms with van der Waals surface area (Å²) in [5.41, 5.74) is 1.63. The van der Waals surface area contributed by atoms with Crippen LogP contribution in [0.25, 0.3) is 21.7 Å². The van der Waals surface area contributed by atoms with Crippen LogP contribution in [-0.2, 0) is 4.74 Å². The number of methoxy groups -OCH3 is 2. The first-order chi connectivity index (χ1) is 10.1. The van der Waals surface area contributed by atoms with Crippen molar-refractivity contribution in [3.8, 4) is 16.5 Å². The SMILES string of the molecule is COC(=O)c1ccc(OC)c2[nH]c(-c3ccc(Br)s3)nc12. The molecule has 0 aliphatic heterocycles. The fraction of sp³-hybridized carbons (Fsp3) is 0.143. The van der Waals surface area contributed by atoms with Crippen molar-refractivity contribution in [2.75, 3.05) is 14.2 Å². The van der Waals surface area contributed by atoms with Crippen LogP contribution in [-0.4, -0.2) is 30.2 Å². The fourth-order valence-electron chi connectivity index (χ4n) is 2.07. The molecule has 3 rings (SSSR count). The van der Waals surface area contributed by atoms with Crippen molar-refractivity contribution < 1.29 is 14.3 Å². The zero-order valence-corrected chi connectivity index (χ0v) is 13.7. The molecule has 2 aromatic heterocycles. The molecule has 2 heterocycles. The molecule has 0 bridgehead atoms. The van der Waals surface area contributed by atoms with Gasteiger partial charge in [-0.3, -0.25) is 0 Å². The smallest absolute Gasteiger partial charge is 0.340 e. The lowest BCUT2D eigenvalue weighted by Crippen LogP contribution is -2.02. The first kappa shape index (κ1) is 14.1. The first-order valence-corrected chi connectivity index (χ1v) is 7.65. The van der Waals surface area contributed by atoms with Crippen molar-refractivity contribution in [3.05, 3.63) is 33.6 Å². The quantitative estimate of drug-likeness (QED) is 0.715. The minimum Gasteiger partial charge on any atom is -0.494 e. The highest BCUT2D eigenvalue weighted by Gasteiger charge is 2.18. The third kappa shape index (κ3) is 2.43. The van der Waals surface area contributed by atoms with E-state index in [2.05, 4.69) is 25.9 Å². The Hall–Kier alpha value is -1.86. The molecule has 0 spiro atoms. The summed E-state index contributed by atoms with van der Waals surface area (Å²) in [6, 6.07) is 7.28.